The zero-order valence-corrected chi connectivity index (χ0v) is 11.4. The Balaban J connectivity index is 2.05. The van der Waals surface area contributed by atoms with Gasteiger partial charge in [0.05, 0.1) is 23.5 Å². The molecular formula is C12H11ClN6O. The fourth-order valence-corrected chi connectivity index (χ4v) is 2.02. The van der Waals surface area contributed by atoms with Crippen LogP contribution in [0.25, 0.3) is 5.65 Å². The number of rotatable bonds is 3. The Kier molecular flexibility index (Phi) is 3.11. The van der Waals surface area contributed by atoms with E-state index in [1.807, 2.05) is 0 Å². The molecule has 3 heterocycles. The number of fused-ring (bicyclic) bond motifs is 1. The lowest BCUT2D eigenvalue weighted by molar-refractivity contribution is 0.647. The van der Waals surface area contributed by atoms with Crippen molar-refractivity contribution < 1.29 is 0 Å². The molecule has 0 saturated carbocycles. The highest BCUT2D eigenvalue weighted by Crippen LogP contribution is 2.16. The maximum Gasteiger partial charge on any atom is 0.350 e. The molecule has 8 heteroatoms. The molecule has 0 aliphatic heterocycles. The van der Waals surface area contributed by atoms with E-state index in [-0.39, 0.29) is 12.2 Å². The van der Waals surface area contributed by atoms with E-state index in [4.69, 9.17) is 11.6 Å². The summed E-state index contributed by atoms with van der Waals surface area (Å²) in [4.78, 5) is 20.4. The number of nitrogens with one attached hydrogen (secondary N) is 1. The second-order valence-corrected chi connectivity index (χ2v) is 4.53. The van der Waals surface area contributed by atoms with E-state index in [9.17, 15) is 4.79 Å². The standard InChI is InChI=1S/C12H11ClN6O/c1-14-10-3-2-8(13)9(16-10)7-19-12(20)18-5-4-15-6-11(18)17-19/h2-6H,7H2,1H3,(H,14,16). The molecule has 3 aromatic heterocycles. The summed E-state index contributed by atoms with van der Waals surface area (Å²) in [5.74, 6) is 0.683. The van der Waals surface area contributed by atoms with Crippen LogP contribution in [0.15, 0.2) is 35.5 Å². The third-order valence-electron chi connectivity index (χ3n) is 2.86. The van der Waals surface area contributed by atoms with Crippen molar-refractivity contribution in [2.75, 3.05) is 12.4 Å². The summed E-state index contributed by atoms with van der Waals surface area (Å²) in [6, 6.07) is 3.50. The normalized spacial score (nSPS) is 10.9. The van der Waals surface area contributed by atoms with Gasteiger partial charge in [0.15, 0.2) is 5.65 Å². The summed E-state index contributed by atoms with van der Waals surface area (Å²) in [7, 11) is 1.77. The van der Waals surface area contributed by atoms with Crippen LogP contribution in [0.3, 0.4) is 0 Å². The van der Waals surface area contributed by atoms with Gasteiger partial charge >= 0.3 is 5.69 Å². The van der Waals surface area contributed by atoms with Crippen LogP contribution in [0.2, 0.25) is 5.02 Å². The molecule has 0 saturated heterocycles. The Hall–Kier alpha value is -2.41. The molecule has 7 nitrogen and oxygen atoms in total. The Morgan fingerprint density at radius 2 is 2.25 bits per heavy atom. The van der Waals surface area contributed by atoms with Gasteiger partial charge in [-0.25, -0.2) is 18.9 Å². The highest BCUT2D eigenvalue weighted by Gasteiger charge is 2.10. The fraction of sp³-hybridized carbons (Fsp3) is 0.167. The minimum atomic E-state index is -0.255. The quantitative estimate of drug-likeness (QED) is 0.779. The van der Waals surface area contributed by atoms with Crippen LogP contribution in [-0.4, -0.2) is 31.2 Å². The van der Waals surface area contributed by atoms with E-state index in [2.05, 4.69) is 20.4 Å². The number of aromatic nitrogens is 5. The van der Waals surface area contributed by atoms with Gasteiger partial charge in [-0.3, -0.25) is 4.98 Å². The molecule has 0 aliphatic rings. The van der Waals surface area contributed by atoms with Crippen LogP contribution in [0.5, 0.6) is 0 Å². The number of nitrogens with zero attached hydrogens (tertiary/aromatic N) is 5. The summed E-state index contributed by atoms with van der Waals surface area (Å²) in [6.07, 6.45) is 4.63. The van der Waals surface area contributed by atoms with Gasteiger partial charge in [-0.05, 0) is 12.1 Å². The Morgan fingerprint density at radius 3 is 3.00 bits per heavy atom. The average molecular weight is 291 g/mol. The van der Waals surface area contributed by atoms with Crippen molar-refractivity contribution in [2.24, 2.45) is 0 Å². The molecule has 0 atom stereocenters. The molecule has 0 fully saturated rings. The molecular weight excluding hydrogens is 280 g/mol. The van der Waals surface area contributed by atoms with E-state index in [0.717, 1.165) is 0 Å². The smallest absolute Gasteiger partial charge is 0.350 e. The van der Waals surface area contributed by atoms with E-state index >= 15 is 0 Å². The Bertz CT molecular complexity index is 824. The predicted molar refractivity (Wildman–Crippen MR) is 75.1 cm³/mol. The van der Waals surface area contributed by atoms with Crippen LogP contribution in [0.1, 0.15) is 5.69 Å². The fourth-order valence-electron chi connectivity index (χ4n) is 1.86. The van der Waals surface area contributed by atoms with E-state index in [1.165, 1.54) is 21.5 Å². The molecule has 0 spiro atoms. The van der Waals surface area contributed by atoms with Gasteiger partial charge < -0.3 is 5.32 Å². The molecule has 102 valence electrons. The lowest BCUT2D eigenvalue weighted by Gasteiger charge is -2.05. The first-order chi connectivity index (χ1) is 9.69. The summed E-state index contributed by atoms with van der Waals surface area (Å²) < 4.78 is 2.73. The topological polar surface area (TPSA) is 77.1 Å². The third kappa shape index (κ3) is 2.12. The van der Waals surface area contributed by atoms with Crippen LogP contribution in [0.4, 0.5) is 5.82 Å². The number of halogens is 1. The number of hydrogen-bond acceptors (Lipinski definition) is 5. The van der Waals surface area contributed by atoms with Crippen molar-refractivity contribution in [3.63, 3.8) is 0 Å². The second kappa shape index (κ2) is 4.93. The zero-order chi connectivity index (χ0) is 14.1. The molecule has 0 radical (unpaired) electrons. The van der Waals surface area contributed by atoms with E-state index in [0.29, 0.717) is 22.2 Å². The maximum absolute atomic E-state index is 12.1. The third-order valence-corrected chi connectivity index (χ3v) is 3.21. The average Bonchev–Trinajstić information content (AvgIpc) is 2.78. The van der Waals surface area contributed by atoms with Crippen LogP contribution in [-0.2, 0) is 6.54 Å². The first-order valence-electron chi connectivity index (χ1n) is 5.91. The lowest BCUT2D eigenvalue weighted by Crippen LogP contribution is -2.22. The molecule has 0 amide bonds. The Labute approximate surface area is 118 Å². The first kappa shape index (κ1) is 12.6. The second-order valence-electron chi connectivity index (χ2n) is 4.12. The van der Waals surface area contributed by atoms with Crippen molar-refractivity contribution in [2.45, 2.75) is 6.54 Å². The molecule has 0 unspecified atom stereocenters. The molecule has 20 heavy (non-hydrogen) atoms. The van der Waals surface area contributed by atoms with Crippen molar-refractivity contribution >= 4 is 23.1 Å². The van der Waals surface area contributed by atoms with Crippen molar-refractivity contribution in [3.05, 3.63) is 51.9 Å². The van der Waals surface area contributed by atoms with Crippen LogP contribution in [0, 0.1) is 0 Å². The molecule has 1 N–H and O–H groups in total. The monoisotopic (exact) mass is 290 g/mol. The van der Waals surface area contributed by atoms with Crippen LogP contribution >= 0.6 is 11.6 Å². The predicted octanol–water partition coefficient (Wildman–Crippen LogP) is 1.03. The highest BCUT2D eigenvalue weighted by atomic mass is 35.5. The summed E-state index contributed by atoms with van der Waals surface area (Å²) in [5, 5.41) is 7.61. The molecule has 0 bridgehead atoms. The summed E-state index contributed by atoms with van der Waals surface area (Å²) >= 11 is 6.10. The summed E-state index contributed by atoms with van der Waals surface area (Å²) in [6.45, 7) is 0.203. The lowest BCUT2D eigenvalue weighted by atomic mass is 10.3. The number of pyridine rings is 1. The van der Waals surface area contributed by atoms with Gasteiger partial charge in [0.25, 0.3) is 0 Å². The minimum absolute atomic E-state index is 0.203. The molecule has 0 aliphatic carbocycles. The van der Waals surface area contributed by atoms with E-state index in [1.54, 1.807) is 25.4 Å². The van der Waals surface area contributed by atoms with Gasteiger partial charge in [-0.15, -0.1) is 5.10 Å². The van der Waals surface area contributed by atoms with Crippen molar-refractivity contribution in [1.82, 2.24) is 24.1 Å². The van der Waals surface area contributed by atoms with Gasteiger partial charge in [-0.2, -0.15) is 0 Å². The number of hydrogen-bond donors (Lipinski definition) is 1. The number of anilines is 1. The zero-order valence-electron chi connectivity index (χ0n) is 10.6. The van der Waals surface area contributed by atoms with Gasteiger partial charge in [0, 0.05) is 19.4 Å². The molecule has 3 aromatic rings. The molecule has 3 rings (SSSR count). The first-order valence-corrected chi connectivity index (χ1v) is 6.29. The van der Waals surface area contributed by atoms with Crippen LogP contribution < -0.4 is 11.0 Å². The van der Waals surface area contributed by atoms with Crippen molar-refractivity contribution in [1.29, 1.82) is 0 Å². The van der Waals surface area contributed by atoms with Crippen molar-refractivity contribution in [3.8, 4) is 0 Å². The minimum Gasteiger partial charge on any atom is -0.373 e. The Morgan fingerprint density at radius 1 is 1.40 bits per heavy atom. The highest BCUT2D eigenvalue weighted by molar-refractivity contribution is 6.31. The maximum atomic E-state index is 12.1. The molecule has 0 aromatic carbocycles. The largest absolute Gasteiger partial charge is 0.373 e. The van der Waals surface area contributed by atoms with Gasteiger partial charge in [-0.1, -0.05) is 11.6 Å². The van der Waals surface area contributed by atoms with Gasteiger partial charge in [0.2, 0.25) is 0 Å². The SMILES string of the molecule is CNc1ccc(Cl)c(Cn2nc3cnccn3c2=O)n1. The van der Waals surface area contributed by atoms with Gasteiger partial charge in [0.1, 0.15) is 5.82 Å². The summed E-state index contributed by atoms with van der Waals surface area (Å²) in [5.41, 5.74) is 0.811. The van der Waals surface area contributed by atoms with E-state index < -0.39 is 0 Å².